The fraction of sp³-hybridized carbons (Fsp3) is 0.214. The molecule has 0 atom stereocenters. The van der Waals surface area contributed by atoms with Crippen molar-refractivity contribution in [3.8, 4) is 0 Å². The predicted octanol–water partition coefficient (Wildman–Crippen LogP) is 1.56. The van der Waals surface area contributed by atoms with Gasteiger partial charge in [0.2, 0.25) is 0 Å². The summed E-state index contributed by atoms with van der Waals surface area (Å²) in [4.78, 5) is 25.1. The highest BCUT2D eigenvalue weighted by atomic mass is 32.2. The Morgan fingerprint density at radius 2 is 2.00 bits per heavy atom. The summed E-state index contributed by atoms with van der Waals surface area (Å²) in [5, 5.41) is 0. The van der Waals surface area contributed by atoms with Crippen LogP contribution in [0.3, 0.4) is 0 Å². The molecule has 1 saturated heterocycles. The summed E-state index contributed by atoms with van der Waals surface area (Å²) in [7, 11) is -2.89. The van der Waals surface area contributed by atoms with Gasteiger partial charge in [0, 0.05) is 6.54 Å². The molecular formula is C14H13NO6S3. The first kappa shape index (κ1) is 18.6. The van der Waals surface area contributed by atoms with Crippen LogP contribution in [-0.4, -0.2) is 53.5 Å². The van der Waals surface area contributed by atoms with E-state index in [1.165, 1.54) is 7.11 Å². The van der Waals surface area contributed by atoms with Crippen molar-refractivity contribution in [3.05, 3.63) is 40.3 Å². The van der Waals surface area contributed by atoms with Crippen molar-refractivity contribution in [1.82, 2.24) is 4.90 Å². The lowest BCUT2D eigenvalue weighted by atomic mass is 10.1. The summed E-state index contributed by atoms with van der Waals surface area (Å²) in [6.45, 7) is -0.206. The smallest absolute Gasteiger partial charge is 0.337 e. The maximum absolute atomic E-state index is 12.3. The minimum absolute atomic E-state index is 0.206. The first-order valence-electron chi connectivity index (χ1n) is 6.60. The van der Waals surface area contributed by atoms with E-state index in [1.807, 2.05) is 0 Å². The molecule has 0 bridgehead atoms. The van der Waals surface area contributed by atoms with Gasteiger partial charge in [0.25, 0.3) is 16.0 Å². The van der Waals surface area contributed by atoms with Crippen LogP contribution in [0.25, 0.3) is 6.08 Å². The third-order valence-electron chi connectivity index (χ3n) is 3.08. The topological polar surface area (TPSA) is 101 Å². The quantitative estimate of drug-likeness (QED) is 0.352. The third-order valence-corrected chi connectivity index (χ3v) is 5.15. The number of nitrogens with zero attached hydrogens (tertiary/aromatic N) is 1. The molecule has 1 heterocycles. The van der Waals surface area contributed by atoms with Gasteiger partial charge in [-0.25, -0.2) is 4.79 Å². The Hall–Kier alpha value is -1.75. The summed E-state index contributed by atoms with van der Waals surface area (Å²) >= 11 is 6.10. The Bertz CT molecular complexity index is 813. The lowest BCUT2D eigenvalue weighted by molar-refractivity contribution is -0.121. The molecule has 1 N–H and O–H groups in total. The molecule has 1 aliphatic rings. The van der Waals surface area contributed by atoms with E-state index in [9.17, 15) is 18.0 Å². The minimum Gasteiger partial charge on any atom is -0.465 e. The third kappa shape index (κ3) is 4.63. The Kier molecular flexibility index (Phi) is 5.75. The van der Waals surface area contributed by atoms with Crippen molar-refractivity contribution >= 4 is 56.4 Å². The van der Waals surface area contributed by atoms with Crippen molar-refractivity contribution in [3.63, 3.8) is 0 Å². The van der Waals surface area contributed by atoms with Crippen molar-refractivity contribution < 1.29 is 27.3 Å². The highest BCUT2D eigenvalue weighted by Crippen LogP contribution is 2.32. The van der Waals surface area contributed by atoms with E-state index in [-0.39, 0.29) is 10.9 Å². The molecule has 1 aromatic carbocycles. The number of hydrogen-bond acceptors (Lipinski definition) is 7. The molecule has 0 saturated carbocycles. The summed E-state index contributed by atoms with van der Waals surface area (Å²) in [6.07, 6.45) is 1.59. The van der Waals surface area contributed by atoms with Gasteiger partial charge in [0.15, 0.2) is 0 Å². The van der Waals surface area contributed by atoms with Crippen LogP contribution in [0.1, 0.15) is 15.9 Å². The normalized spacial score (nSPS) is 16.8. The van der Waals surface area contributed by atoms with Crippen LogP contribution >= 0.6 is 24.0 Å². The van der Waals surface area contributed by atoms with E-state index >= 15 is 0 Å². The van der Waals surface area contributed by atoms with E-state index in [0.29, 0.717) is 16.0 Å². The highest BCUT2D eigenvalue weighted by Gasteiger charge is 2.32. The number of thiocarbonyl (C=S) groups is 1. The molecular weight excluding hydrogens is 374 g/mol. The van der Waals surface area contributed by atoms with E-state index in [0.717, 1.165) is 16.7 Å². The van der Waals surface area contributed by atoms with Crippen molar-refractivity contribution in [1.29, 1.82) is 0 Å². The van der Waals surface area contributed by atoms with Gasteiger partial charge in [-0.1, -0.05) is 36.1 Å². The first-order chi connectivity index (χ1) is 11.2. The SMILES string of the molecule is COC(=O)c1ccc(/C=C2\SC(=S)N(CCS(=O)(=O)O)C2=O)cc1. The molecule has 24 heavy (non-hydrogen) atoms. The summed E-state index contributed by atoms with van der Waals surface area (Å²) < 4.78 is 35.2. The van der Waals surface area contributed by atoms with Gasteiger partial charge in [0.1, 0.15) is 4.32 Å². The van der Waals surface area contributed by atoms with Crippen LogP contribution < -0.4 is 0 Å². The van der Waals surface area contributed by atoms with E-state index in [2.05, 4.69) is 4.74 Å². The van der Waals surface area contributed by atoms with Gasteiger partial charge in [-0.15, -0.1) is 0 Å². The van der Waals surface area contributed by atoms with Gasteiger partial charge in [-0.05, 0) is 23.8 Å². The lowest BCUT2D eigenvalue weighted by Crippen LogP contribution is -2.32. The van der Waals surface area contributed by atoms with Crippen LogP contribution in [0.5, 0.6) is 0 Å². The maximum Gasteiger partial charge on any atom is 0.337 e. The van der Waals surface area contributed by atoms with Gasteiger partial charge in [0.05, 0.1) is 23.3 Å². The fourth-order valence-corrected chi connectivity index (χ4v) is 3.61. The van der Waals surface area contributed by atoms with E-state index < -0.39 is 27.7 Å². The number of rotatable bonds is 5. The summed E-state index contributed by atoms with van der Waals surface area (Å²) in [6, 6.07) is 6.43. The number of thioether (sulfide) groups is 1. The van der Waals surface area contributed by atoms with Crippen LogP contribution in [0.4, 0.5) is 0 Å². The number of carbonyl (C=O) groups excluding carboxylic acids is 2. The largest absolute Gasteiger partial charge is 0.465 e. The zero-order valence-electron chi connectivity index (χ0n) is 12.5. The summed E-state index contributed by atoms with van der Waals surface area (Å²) in [5.41, 5.74) is 1.06. The highest BCUT2D eigenvalue weighted by molar-refractivity contribution is 8.26. The second kappa shape index (κ2) is 7.43. The average Bonchev–Trinajstić information content (AvgIpc) is 2.78. The molecule has 0 aromatic heterocycles. The molecule has 10 heteroatoms. The monoisotopic (exact) mass is 387 g/mol. The Morgan fingerprint density at radius 3 is 2.54 bits per heavy atom. The molecule has 1 aliphatic heterocycles. The van der Waals surface area contributed by atoms with Crippen molar-refractivity contribution in [2.75, 3.05) is 19.4 Å². The fourth-order valence-electron chi connectivity index (χ4n) is 1.88. The van der Waals surface area contributed by atoms with Gasteiger partial charge in [-0.3, -0.25) is 14.2 Å². The molecule has 0 spiro atoms. The Morgan fingerprint density at radius 1 is 1.38 bits per heavy atom. The predicted molar refractivity (Wildman–Crippen MR) is 94.1 cm³/mol. The molecule has 7 nitrogen and oxygen atoms in total. The molecule has 1 fully saturated rings. The number of hydrogen-bond donors (Lipinski definition) is 1. The Labute approximate surface area is 148 Å². The average molecular weight is 387 g/mol. The van der Waals surface area contributed by atoms with Crippen LogP contribution in [0.15, 0.2) is 29.2 Å². The van der Waals surface area contributed by atoms with Crippen LogP contribution in [-0.2, 0) is 19.6 Å². The molecule has 1 amide bonds. The zero-order valence-corrected chi connectivity index (χ0v) is 14.9. The van der Waals surface area contributed by atoms with Gasteiger partial charge in [-0.2, -0.15) is 8.42 Å². The van der Waals surface area contributed by atoms with Crippen LogP contribution in [0, 0.1) is 0 Å². The first-order valence-corrected chi connectivity index (χ1v) is 9.43. The summed E-state index contributed by atoms with van der Waals surface area (Å²) in [5.74, 6) is -1.47. The molecule has 128 valence electrons. The molecule has 2 rings (SSSR count). The molecule has 0 unspecified atom stereocenters. The second-order valence-corrected chi connectivity index (χ2v) is 7.98. The molecule has 0 aliphatic carbocycles. The maximum atomic E-state index is 12.3. The number of carbonyl (C=O) groups is 2. The van der Waals surface area contributed by atoms with Crippen molar-refractivity contribution in [2.24, 2.45) is 0 Å². The van der Waals surface area contributed by atoms with Crippen LogP contribution in [0.2, 0.25) is 0 Å². The number of esters is 1. The zero-order chi connectivity index (χ0) is 17.9. The lowest BCUT2D eigenvalue weighted by Gasteiger charge is -2.12. The minimum atomic E-state index is -4.18. The molecule has 0 radical (unpaired) electrons. The van der Waals surface area contributed by atoms with Gasteiger partial charge < -0.3 is 4.74 Å². The number of ether oxygens (including phenoxy) is 1. The van der Waals surface area contributed by atoms with Crippen molar-refractivity contribution in [2.45, 2.75) is 0 Å². The standard InChI is InChI=1S/C14H13NO6S3/c1-21-13(17)10-4-2-9(3-5-10)8-11-12(16)15(14(22)23-11)6-7-24(18,19)20/h2-5,8H,6-7H2,1H3,(H,18,19,20)/b11-8-. The Balaban J connectivity index is 2.15. The number of amides is 1. The molecule has 1 aromatic rings. The van der Waals surface area contributed by atoms with E-state index in [1.54, 1.807) is 30.3 Å². The number of methoxy groups -OCH3 is 1. The van der Waals surface area contributed by atoms with Gasteiger partial charge >= 0.3 is 5.97 Å². The van der Waals surface area contributed by atoms with E-state index in [4.69, 9.17) is 16.8 Å². The number of benzene rings is 1. The second-order valence-electron chi connectivity index (χ2n) is 4.73.